The van der Waals surface area contributed by atoms with E-state index in [1.807, 2.05) is 6.92 Å². The van der Waals surface area contributed by atoms with Gasteiger partial charge in [0.25, 0.3) is 0 Å². The average molecular weight is 360 g/mol. The number of piperidine rings is 1. The molecule has 2 heterocycles. The monoisotopic (exact) mass is 359 g/mol. The van der Waals surface area contributed by atoms with Gasteiger partial charge in [0.1, 0.15) is 0 Å². The number of rotatable bonds is 7. The molecule has 2 fully saturated rings. The van der Waals surface area contributed by atoms with E-state index in [2.05, 4.69) is 27.4 Å². The van der Waals surface area contributed by atoms with Crippen LogP contribution < -0.4 is 10.6 Å². The number of hydrogen-bond donors (Lipinski definition) is 2. The lowest BCUT2D eigenvalue weighted by molar-refractivity contribution is 0.206. The number of aliphatic imine (C=N–C) groups is 1. The summed E-state index contributed by atoms with van der Waals surface area (Å²) in [6.07, 6.45) is 4.21. The van der Waals surface area contributed by atoms with Crippen LogP contribution in [0, 0.1) is 0 Å². The van der Waals surface area contributed by atoms with Crippen molar-refractivity contribution in [3.8, 4) is 0 Å². The summed E-state index contributed by atoms with van der Waals surface area (Å²) in [7, 11) is -3.02. The van der Waals surface area contributed by atoms with Crippen molar-refractivity contribution in [3.05, 3.63) is 0 Å². The number of likely N-dealkylation sites (tertiary alicyclic amines) is 1. The van der Waals surface area contributed by atoms with Gasteiger partial charge >= 0.3 is 0 Å². The summed E-state index contributed by atoms with van der Waals surface area (Å²) in [6, 6.07) is 0.450. The molecule has 0 bridgehead atoms. The summed E-state index contributed by atoms with van der Waals surface area (Å²) in [6.45, 7) is 10.2. The fourth-order valence-corrected chi connectivity index (χ4v) is 4.87. The molecule has 2 N–H and O–H groups in total. The maximum Gasteiger partial charge on any atom is 0.214 e. The smallest absolute Gasteiger partial charge is 0.214 e. The maximum atomic E-state index is 11.8. The zero-order valence-electron chi connectivity index (χ0n) is 15.1. The van der Waals surface area contributed by atoms with Crippen molar-refractivity contribution in [2.45, 2.75) is 45.6 Å². The molecular formula is C16H33N5O2S. The lowest BCUT2D eigenvalue weighted by atomic mass is 10.1. The summed E-state index contributed by atoms with van der Waals surface area (Å²) in [5, 5.41) is 6.78. The van der Waals surface area contributed by atoms with Crippen molar-refractivity contribution >= 4 is 16.0 Å². The fourth-order valence-electron chi connectivity index (χ4n) is 3.35. The molecule has 24 heavy (non-hydrogen) atoms. The van der Waals surface area contributed by atoms with Crippen molar-refractivity contribution in [3.63, 3.8) is 0 Å². The van der Waals surface area contributed by atoms with E-state index in [0.29, 0.717) is 25.7 Å². The quantitative estimate of drug-likeness (QED) is 0.510. The molecule has 2 aliphatic heterocycles. The summed E-state index contributed by atoms with van der Waals surface area (Å²) < 4.78 is 25.2. The van der Waals surface area contributed by atoms with Crippen LogP contribution >= 0.6 is 0 Å². The van der Waals surface area contributed by atoms with Crippen molar-refractivity contribution in [1.29, 1.82) is 0 Å². The minimum absolute atomic E-state index is 0.283. The Bertz CT molecular complexity index is 501. The van der Waals surface area contributed by atoms with Crippen LogP contribution in [0.2, 0.25) is 0 Å². The number of nitrogens with one attached hydrogen (secondary N) is 2. The van der Waals surface area contributed by atoms with Gasteiger partial charge in [0.05, 0.1) is 12.3 Å². The molecule has 0 aromatic carbocycles. The highest BCUT2D eigenvalue weighted by Gasteiger charge is 2.27. The zero-order chi connectivity index (χ0) is 17.4. The van der Waals surface area contributed by atoms with Gasteiger partial charge in [-0.1, -0.05) is 6.92 Å². The molecule has 0 radical (unpaired) electrons. The Balaban J connectivity index is 1.78. The Labute approximate surface area is 146 Å². The van der Waals surface area contributed by atoms with Gasteiger partial charge in [-0.15, -0.1) is 0 Å². The van der Waals surface area contributed by atoms with E-state index in [4.69, 9.17) is 0 Å². The standard InChI is InChI=1S/C16H33N5O2S/c1-3-9-20-11-6-15(7-12-20)19-16(17-4-2)18-8-13-21-10-5-14-24(21,22)23/h15H,3-14H2,1-2H3,(H2,17,18,19). The van der Waals surface area contributed by atoms with Crippen molar-refractivity contribution in [2.24, 2.45) is 4.99 Å². The third kappa shape index (κ3) is 5.89. The SMILES string of the molecule is CCCN1CCC(NC(=NCCN2CCCS2(=O)=O)NCC)CC1. The summed E-state index contributed by atoms with van der Waals surface area (Å²) >= 11 is 0. The van der Waals surface area contributed by atoms with Crippen molar-refractivity contribution in [2.75, 3.05) is 51.6 Å². The highest BCUT2D eigenvalue weighted by Crippen LogP contribution is 2.12. The molecule has 8 heteroatoms. The van der Waals surface area contributed by atoms with Crippen LogP contribution in [-0.2, 0) is 10.0 Å². The van der Waals surface area contributed by atoms with E-state index in [0.717, 1.165) is 44.9 Å². The molecule has 0 unspecified atom stereocenters. The molecule has 0 aromatic rings. The molecule has 140 valence electrons. The van der Waals surface area contributed by atoms with Gasteiger partial charge < -0.3 is 15.5 Å². The van der Waals surface area contributed by atoms with Crippen LogP contribution in [0.3, 0.4) is 0 Å². The first-order valence-electron chi connectivity index (χ1n) is 9.30. The van der Waals surface area contributed by atoms with Gasteiger partial charge in [0.2, 0.25) is 10.0 Å². The highest BCUT2D eigenvalue weighted by atomic mass is 32.2. The first kappa shape index (κ1) is 19.5. The number of guanidine groups is 1. The molecule has 0 spiro atoms. The van der Waals surface area contributed by atoms with Gasteiger partial charge in [-0.05, 0) is 39.2 Å². The third-order valence-electron chi connectivity index (χ3n) is 4.63. The van der Waals surface area contributed by atoms with E-state index in [9.17, 15) is 8.42 Å². The maximum absolute atomic E-state index is 11.8. The van der Waals surface area contributed by atoms with Crippen LogP contribution in [0.4, 0.5) is 0 Å². The van der Waals surface area contributed by atoms with Gasteiger partial charge in [-0.25, -0.2) is 12.7 Å². The molecule has 2 rings (SSSR count). The Kier molecular flexibility index (Phi) is 7.77. The minimum Gasteiger partial charge on any atom is -0.357 e. The predicted molar refractivity (Wildman–Crippen MR) is 98.8 cm³/mol. The van der Waals surface area contributed by atoms with Crippen LogP contribution in [0.25, 0.3) is 0 Å². The Morgan fingerprint density at radius 1 is 1.17 bits per heavy atom. The van der Waals surface area contributed by atoms with Gasteiger partial charge in [-0.2, -0.15) is 0 Å². The molecule has 0 atom stereocenters. The van der Waals surface area contributed by atoms with Crippen molar-refractivity contribution in [1.82, 2.24) is 19.8 Å². The summed E-state index contributed by atoms with van der Waals surface area (Å²) in [5.74, 6) is 1.09. The fraction of sp³-hybridized carbons (Fsp3) is 0.938. The van der Waals surface area contributed by atoms with Gasteiger partial charge in [0, 0.05) is 38.8 Å². The topological polar surface area (TPSA) is 77.0 Å². The molecular weight excluding hydrogens is 326 g/mol. The lowest BCUT2D eigenvalue weighted by Crippen LogP contribution is -2.49. The molecule has 0 saturated carbocycles. The number of sulfonamides is 1. The lowest BCUT2D eigenvalue weighted by Gasteiger charge is -2.32. The third-order valence-corrected chi connectivity index (χ3v) is 6.59. The molecule has 0 aliphatic carbocycles. The Morgan fingerprint density at radius 2 is 1.92 bits per heavy atom. The molecule has 7 nitrogen and oxygen atoms in total. The molecule has 2 aliphatic rings. The second kappa shape index (κ2) is 9.58. The van der Waals surface area contributed by atoms with Crippen LogP contribution in [-0.4, -0.2) is 81.2 Å². The van der Waals surface area contributed by atoms with Gasteiger partial charge in [-0.3, -0.25) is 4.99 Å². The molecule has 2 saturated heterocycles. The first-order chi connectivity index (χ1) is 11.5. The van der Waals surface area contributed by atoms with Crippen molar-refractivity contribution < 1.29 is 8.42 Å². The molecule has 0 amide bonds. The van der Waals surface area contributed by atoms with E-state index >= 15 is 0 Å². The Hall–Kier alpha value is -0.860. The van der Waals surface area contributed by atoms with E-state index in [1.54, 1.807) is 4.31 Å². The summed E-state index contributed by atoms with van der Waals surface area (Å²) in [5.41, 5.74) is 0. The summed E-state index contributed by atoms with van der Waals surface area (Å²) in [4.78, 5) is 7.08. The number of nitrogens with zero attached hydrogens (tertiary/aromatic N) is 3. The largest absolute Gasteiger partial charge is 0.357 e. The van der Waals surface area contributed by atoms with E-state index in [-0.39, 0.29) is 5.75 Å². The highest BCUT2D eigenvalue weighted by molar-refractivity contribution is 7.89. The Morgan fingerprint density at radius 3 is 2.50 bits per heavy atom. The minimum atomic E-state index is -3.02. The second-order valence-corrected chi connectivity index (χ2v) is 8.68. The van der Waals surface area contributed by atoms with Gasteiger partial charge in [0.15, 0.2) is 5.96 Å². The van der Waals surface area contributed by atoms with Crippen LogP contribution in [0.5, 0.6) is 0 Å². The van der Waals surface area contributed by atoms with E-state index < -0.39 is 10.0 Å². The zero-order valence-corrected chi connectivity index (χ0v) is 15.9. The van der Waals surface area contributed by atoms with E-state index in [1.165, 1.54) is 13.0 Å². The second-order valence-electron chi connectivity index (χ2n) is 6.59. The molecule has 0 aromatic heterocycles. The van der Waals surface area contributed by atoms with Crippen LogP contribution in [0.1, 0.15) is 39.5 Å². The first-order valence-corrected chi connectivity index (χ1v) is 10.9. The van der Waals surface area contributed by atoms with Crippen LogP contribution in [0.15, 0.2) is 4.99 Å². The number of hydrogen-bond acceptors (Lipinski definition) is 4. The normalized spacial score (nSPS) is 23.5. The average Bonchev–Trinajstić information content (AvgIpc) is 2.88. The predicted octanol–water partition coefficient (Wildman–Crippen LogP) is 0.451.